The van der Waals surface area contributed by atoms with Crippen LogP contribution in [0.4, 0.5) is 0 Å². The van der Waals surface area contributed by atoms with Gasteiger partial charge in [0.15, 0.2) is 6.10 Å². The third-order valence-corrected chi connectivity index (χ3v) is 4.89. The fourth-order valence-corrected chi connectivity index (χ4v) is 3.55. The van der Waals surface area contributed by atoms with E-state index in [0.29, 0.717) is 31.0 Å². The molecule has 0 amide bonds. The molecule has 1 spiro atoms. The second-order valence-corrected chi connectivity index (χ2v) is 6.79. The molecule has 0 aromatic heterocycles. The SMILES string of the molecule is COc1cccc(OC2CCN(Cc3ccccc3)C23OC(=O)C=CC(=O)O3)c1. The van der Waals surface area contributed by atoms with Gasteiger partial charge < -0.3 is 18.9 Å². The minimum atomic E-state index is -1.66. The topological polar surface area (TPSA) is 74.3 Å². The average Bonchev–Trinajstić information content (AvgIpc) is 2.93. The predicted molar refractivity (Wildman–Crippen MR) is 103 cm³/mol. The number of ether oxygens (including phenoxy) is 4. The normalized spacial score (nSPS) is 20.8. The number of benzene rings is 2. The van der Waals surface area contributed by atoms with Gasteiger partial charge in [0, 0.05) is 37.7 Å². The van der Waals surface area contributed by atoms with E-state index in [1.807, 2.05) is 35.2 Å². The molecule has 0 N–H and O–H groups in total. The number of rotatable bonds is 5. The number of methoxy groups -OCH3 is 1. The van der Waals surface area contributed by atoms with Crippen molar-refractivity contribution in [1.82, 2.24) is 4.90 Å². The Morgan fingerprint density at radius 3 is 2.38 bits per heavy atom. The van der Waals surface area contributed by atoms with Crippen LogP contribution in [0, 0.1) is 0 Å². The van der Waals surface area contributed by atoms with Crippen LogP contribution in [0.1, 0.15) is 12.0 Å². The summed E-state index contributed by atoms with van der Waals surface area (Å²) in [7, 11) is 1.57. The zero-order chi connectivity index (χ0) is 20.3. The Hall–Kier alpha value is -3.32. The molecular weight excluding hydrogens is 374 g/mol. The maximum Gasteiger partial charge on any atom is 0.359 e. The minimum Gasteiger partial charge on any atom is -0.497 e. The van der Waals surface area contributed by atoms with E-state index in [-0.39, 0.29) is 0 Å². The maximum absolute atomic E-state index is 12.2. The molecule has 2 heterocycles. The first-order valence-electron chi connectivity index (χ1n) is 9.33. The molecule has 150 valence electrons. The van der Waals surface area contributed by atoms with Crippen molar-refractivity contribution in [3.05, 3.63) is 72.3 Å². The highest BCUT2D eigenvalue weighted by Crippen LogP contribution is 2.38. The van der Waals surface area contributed by atoms with E-state index >= 15 is 0 Å². The molecule has 1 fully saturated rings. The highest BCUT2D eigenvalue weighted by atomic mass is 16.8. The number of nitrogens with zero attached hydrogens (tertiary/aromatic N) is 1. The number of esters is 2. The third kappa shape index (κ3) is 3.95. The summed E-state index contributed by atoms with van der Waals surface area (Å²) in [5, 5.41) is 0. The Labute approximate surface area is 168 Å². The van der Waals surface area contributed by atoms with Crippen LogP contribution < -0.4 is 9.47 Å². The van der Waals surface area contributed by atoms with Gasteiger partial charge in [0.05, 0.1) is 7.11 Å². The summed E-state index contributed by atoms with van der Waals surface area (Å²) in [6.45, 7) is 0.948. The fraction of sp³-hybridized carbons (Fsp3) is 0.273. The lowest BCUT2D eigenvalue weighted by atomic mass is 10.2. The highest BCUT2D eigenvalue weighted by Gasteiger charge is 2.58. The van der Waals surface area contributed by atoms with Crippen molar-refractivity contribution < 1.29 is 28.5 Å². The molecule has 2 aliphatic heterocycles. The lowest BCUT2D eigenvalue weighted by molar-refractivity contribution is -0.295. The first kappa shape index (κ1) is 19.0. The van der Waals surface area contributed by atoms with E-state index in [0.717, 1.165) is 17.7 Å². The molecule has 0 aliphatic carbocycles. The van der Waals surface area contributed by atoms with Crippen LogP contribution in [0.15, 0.2) is 66.7 Å². The summed E-state index contributed by atoms with van der Waals surface area (Å²) in [6.07, 6.45) is 1.94. The van der Waals surface area contributed by atoms with Gasteiger partial charge in [-0.05, 0) is 17.7 Å². The van der Waals surface area contributed by atoms with E-state index in [9.17, 15) is 9.59 Å². The molecule has 2 aliphatic rings. The van der Waals surface area contributed by atoms with E-state index in [2.05, 4.69) is 0 Å². The molecule has 2 aromatic carbocycles. The molecule has 1 atom stereocenters. The number of hydrogen-bond acceptors (Lipinski definition) is 7. The Bertz CT molecular complexity index is 906. The van der Waals surface area contributed by atoms with Gasteiger partial charge in [0.25, 0.3) is 0 Å². The average molecular weight is 395 g/mol. The molecule has 2 aromatic rings. The minimum absolute atomic E-state index is 0.430. The van der Waals surface area contributed by atoms with Gasteiger partial charge in [-0.2, -0.15) is 0 Å². The number of likely N-dealkylation sites (tertiary alicyclic amines) is 1. The summed E-state index contributed by atoms with van der Waals surface area (Å²) in [6, 6.07) is 16.8. The van der Waals surface area contributed by atoms with Gasteiger partial charge in [-0.15, -0.1) is 0 Å². The molecule has 1 unspecified atom stereocenters. The van der Waals surface area contributed by atoms with E-state index in [4.69, 9.17) is 18.9 Å². The Balaban J connectivity index is 1.66. The van der Waals surface area contributed by atoms with E-state index in [1.165, 1.54) is 0 Å². The second kappa shape index (κ2) is 7.97. The van der Waals surface area contributed by atoms with Crippen LogP contribution in [0.25, 0.3) is 0 Å². The van der Waals surface area contributed by atoms with Crippen molar-refractivity contribution in [3.63, 3.8) is 0 Å². The molecule has 1 saturated heterocycles. The lowest BCUT2D eigenvalue weighted by Gasteiger charge is -2.38. The van der Waals surface area contributed by atoms with Crippen LogP contribution in [0.2, 0.25) is 0 Å². The van der Waals surface area contributed by atoms with Crippen molar-refractivity contribution in [2.24, 2.45) is 0 Å². The van der Waals surface area contributed by atoms with Crippen LogP contribution in [-0.2, 0) is 25.6 Å². The monoisotopic (exact) mass is 395 g/mol. The van der Waals surface area contributed by atoms with Gasteiger partial charge in [0.1, 0.15) is 11.5 Å². The first-order valence-corrected chi connectivity index (χ1v) is 9.33. The summed E-state index contributed by atoms with van der Waals surface area (Å²) < 4.78 is 22.7. The molecule has 0 radical (unpaired) electrons. The van der Waals surface area contributed by atoms with Crippen molar-refractivity contribution >= 4 is 11.9 Å². The van der Waals surface area contributed by atoms with E-state index in [1.54, 1.807) is 31.4 Å². The Morgan fingerprint density at radius 2 is 1.69 bits per heavy atom. The lowest BCUT2D eigenvalue weighted by Crippen LogP contribution is -2.57. The maximum atomic E-state index is 12.2. The molecular formula is C22H21NO6. The zero-order valence-corrected chi connectivity index (χ0v) is 15.9. The molecule has 29 heavy (non-hydrogen) atoms. The summed E-state index contributed by atoms with van der Waals surface area (Å²) in [4.78, 5) is 26.3. The van der Waals surface area contributed by atoms with Crippen molar-refractivity contribution in [2.45, 2.75) is 25.0 Å². The summed E-state index contributed by atoms with van der Waals surface area (Å²) in [5.41, 5.74) is 0.998. The van der Waals surface area contributed by atoms with Crippen molar-refractivity contribution in [1.29, 1.82) is 0 Å². The van der Waals surface area contributed by atoms with Gasteiger partial charge in [0.2, 0.25) is 0 Å². The molecule has 0 bridgehead atoms. The first-order chi connectivity index (χ1) is 14.1. The third-order valence-electron chi connectivity index (χ3n) is 4.89. The van der Waals surface area contributed by atoms with Gasteiger partial charge >= 0.3 is 17.8 Å². The largest absolute Gasteiger partial charge is 0.497 e. The number of carbonyl (C=O) groups excluding carboxylic acids is 2. The van der Waals surface area contributed by atoms with Crippen LogP contribution >= 0.6 is 0 Å². The summed E-state index contributed by atoms with van der Waals surface area (Å²) >= 11 is 0. The quantitative estimate of drug-likeness (QED) is 0.721. The number of hydrogen-bond donors (Lipinski definition) is 0. The summed E-state index contributed by atoms with van der Waals surface area (Å²) in [5.74, 6) is -1.81. The second-order valence-electron chi connectivity index (χ2n) is 6.79. The number of carbonyl (C=O) groups is 2. The van der Waals surface area contributed by atoms with Gasteiger partial charge in [-0.3, -0.25) is 0 Å². The van der Waals surface area contributed by atoms with Crippen LogP contribution in [-0.4, -0.2) is 42.5 Å². The zero-order valence-electron chi connectivity index (χ0n) is 15.9. The van der Waals surface area contributed by atoms with E-state index < -0.39 is 24.0 Å². The van der Waals surface area contributed by atoms with Crippen LogP contribution in [0.3, 0.4) is 0 Å². The molecule has 0 saturated carbocycles. The van der Waals surface area contributed by atoms with Gasteiger partial charge in [-0.1, -0.05) is 36.4 Å². The van der Waals surface area contributed by atoms with Crippen molar-refractivity contribution in [3.8, 4) is 11.5 Å². The predicted octanol–water partition coefficient (Wildman–Crippen LogP) is 2.66. The fourth-order valence-electron chi connectivity index (χ4n) is 3.55. The van der Waals surface area contributed by atoms with Crippen molar-refractivity contribution in [2.75, 3.05) is 13.7 Å². The standard InChI is InChI=1S/C22H21NO6/c1-26-17-8-5-9-18(14-17)27-19-12-13-23(15-16-6-3-2-4-7-16)22(19)28-20(24)10-11-21(25)29-22/h2-11,14,19H,12-13,15H2,1H3. The molecule has 7 heteroatoms. The smallest absolute Gasteiger partial charge is 0.359 e. The molecule has 4 rings (SSSR count). The highest BCUT2D eigenvalue weighted by molar-refractivity contribution is 5.93. The molecule has 7 nitrogen and oxygen atoms in total. The Kier molecular flexibility index (Phi) is 5.22. The van der Waals surface area contributed by atoms with Crippen LogP contribution in [0.5, 0.6) is 11.5 Å². The van der Waals surface area contributed by atoms with Gasteiger partial charge in [-0.25, -0.2) is 14.5 Å². The Morgan fingerprint density at radius 1 is 1.00 bits per heavy atom.